The van der Waals surface area contributed by atoms with Crippen molar-refractivity contribution in [1.29, 1.82) is 0 Å². The van der Waals surface area contributed by atoms with Crippen LogP contribution in [0.4, 0.5) is 0 Å². The van der Waals surface area contributed by atoms with E-state index in [1.54, 1.807) is 12.1 Å². The summed E-state index contributed by atoms with van der Waals surface area (Å²) >= 11 is 3.49. The van der Waals surface area contributed by atoms with Gasteiger partial charge in [0.05, 0.1) is 0 Å². The number of hydrogen-bond donors (Lipinski definition) is 2. The molecule has 16 heavy (non-hydrogen) atoms. The Morgan fingerprint density at radius 2 is 2.06 bits per heavy atom. The van der Waals surface area contributed by atoms with Gasteiger partial charge in [-0.15, -0.1) is 0 Å². The van der Waals surface area contributed by atoms with E-state index in [0.717, 1.165) is 23.0 Å². The second kappa shape index (κ2) is 5.69. The van der Waals surface area contributed by atoms with E-state index >= 15 is 0 Å². The van der Waals surface area contributed by atoms with Crippen LogP contribution in [0, 0.1) is 0 Å². The average molecular weight is 286 g/mol. The third-order valence-corrected chi connectivity index (χ3v) is 3.44. The average Bonchev–Trinajstić information content (AvgIpc) is 2.19. The first-order valence-electron chi connectivity index (χ1n) is 5.67. The molecule has 2 N–H and O–H groups in total. The van der Waals surface area contributed by atoms with Crippen LogP contribution in [0.25, 0.3) is 0 Å². The van der Waals surface area contributed by atoms with Crippen molar-refractivity contribution in [3.8, 4) is 5.75 Å². The number of benzene rings is 1. The predicted molar refractivity (Wildman–Crippen MR) is 71.6 cm³/mol. The SMILES string of the molecule is CCCC(C)(C)NCc1cc(O)ccc1Br. The number of hydrogen-bond acceptors (Lipinski definition) is 2. The van der Waals surface area contributed by atoms with Crippen LogP contribution in [-0.4, -0.2) is 10.6 Å². The molecule has 0 aliphatic heterocycles. The van der Waals surface area contributed by atoms with Gasteiger partial charge in [0.15, 0.2) is 0 Å². The number of halogens is 1. The Hall–Kier alpha value is -0.540. The molecule has 0 amide bonds. The fraction of sp³-hybridized carbons (Fsp3) is 0.538. The van der Waals surface area contributed by atoms with Crippen LogP contribution in [-0.2, 0) is 6.54 Å². The Morgan fingerprint density at radius 3 is 2.69 bits per heavy atom. The zero-order valence-electron chi connectivity index (χ0n) is 10.2. The maximum atomic E-state index is 9.42. The van der Waals surface area contributed by atoms with Crippen molar-refractivity contribution in [1.82, 2.24) is 5.32 Å². The van der Waals surface area contributed by atoms with E-state index in [2.05, 4.69) is 42.0 Å². The normalized spacial score (nSPS) is 11.8. The van der Waals surface area contributed by atoms with Gasteiger partial charge >= 0.3 is 0 Å². The van der Waals surface area contributed by atoms with Crippen molar-refractivity contribution >= 4 is 15.9 Å². The van der Waals surface area contributed by atoms with Gasteiger partial charge in [-0.2, -0.15) is 0 Å². The highest BCUT2D eigenvalue weighted by Gasteiger charge is 2.15. The fourth-order valence-electron chi connectivity index (χ4n) is 1.74. The van der Waals surface area contributed by atoms with Crippen LogP contribution in [0.2, 0.25) is 0 Å². The van der Waals surface area contributed by atoms with Crippen molar-refractivity contribution in [3.05, 3.63) is 28.2 Å². The van der Waals surface area contributed by atoms with Gasteiger partial charge < -0.3 is 10.4 Å². The summed E-state index contributed by atoms with van der Waals surface area (Å²) < 4.78 is 1.03. The van der Waals surface area contributed by atoms with Crippen molar-refractivity contribution in [3.63, 3.8) is 0 Å². The molecule has 0 atom stereocenters. The summed E-state index contributed by atoms with van der Waals surface area (Å²) in [5.41, 5.74) is 1.23. The van der Waals surface area contributed by atoms with Crippen LogP contribution in [0.1, 0.15) is 39.2 Å². The van der Waals surface area contributed by atoms with Crippen molar-refractivity contribution < 1.29 is 5.11 Å². The van der Waals surface area contributed by atoms with Crippen molar-refractivity contribution in [2.45, 2.75) is 45.7 Å². The molecule has 1 rings (SSSR count). The van der Waals surface area contributed by atoms with Crippen molar-refractivity contribution in [2.24, 2.45) is 0 Å². The number of phenolic OH excluding ortho intramolecular Hbond substituents is 1. The topological polar surface area (TPSA) is 32.3 Å². The second-order valence-corrected chi connectivity index (χ2v) is 5.62. The smallest absolute Gasteiger partial charge is 0.115 e. The lowest BCUT2D eigenvalue weighted by atomic mass is 9.98. The van der Waals surface area contributed by atoms with E-state index in [4.69, 9.17) is 0 Å². The zero-order chi connectivity index (χ0) is 12.2. The van der Waals surface area contributed by atoms with E-state index in [1.165, 1.54) is 6.42 Å². The molecule has 0 unspecified atom stereocenters. The number of rotatable bonds is 5. The molecule has 0 saturated carbocycles. The Labute approximate surface area is 106 Å². The molecule has 90 valence electrons. The molecule has 0 fully saturated rings. The van der Waals surface area contributed by atoms with Crippen LogP contribution < -0.4 is 5.32 Å². The minimum atomic E-state index is 0.139. The largest absolute Gasteiger partial charge is 0.508 e. The van der Waals surface area contributed by atoms with E-state index < -0.39 is 0 Å². The highest BCUT2D eigenvalue weighted by Crippen LogP contribution is 2.22. The first-order valence-corrected chi connectivity index (χ1v) is 6.46. The molecular formula is C13H20BrNO. The summed E-state index contributed by atoms with van der Waals surface area (Å²) in [4.78, 5) is 0. The zero-order valence-corrected chi connectivity index (χ0v) is 11.8. The van der Waals surface area contributed by atoms with Gasteiger partial charge in [-0.1, -0.05) is 29.3 Å². The molecule has 0 radical (unpaired) electrons. The molecule has 0 bridgehead atoms. The third-order valence-electron chi connectivity index (χ3n) is 2.66. The summed E-state index contributed by atoms with van der Waals surface area (Å²) in [6.07, 6.45) is 2.31. The molecule has 2 nitrogen and oxygen atoms in total. The highest BCUT2D eigenvalue weighted by atomic mass is 79.9. The fourth-order valence-corrected chi connectivity index (χ4v) is 2.13. The van der Waals surface area contributed by atoms with E-state index in [0.29, 0.717) is 5.75 Å². The standard InChI is InChI=1S/C13H20BrNO/c1-4-7-13(2,3)15-9-10-8-11(16)5-6-12(10)14/h5-6,8,15-16H,4,7,9H2,1-3H3. The third kappa shape index (κ3) is 4.14. The van der Waals surface area contributed by atoms with Gasteiger partial charge in [0.1, 0.15) is 5.75 Å². The van der Waals surface area contributed by atoms with Gasteiger partial charge in [0.2, 0.25) is 0 Å². The molecule has 1 aromatic carbocycles. The van der Waals surface area contributed by atoms with E-state index in [-0.39, 0.29) is 5.54 Å². The van der Waals surface area contributed by atoms with Crippen molar-refractivity contribution in [2.75, 3.05) is 0 Å². The number of aromatic hydroxyl groups is 1. The molecule has 3 heteroatoms. The lowest BCUT2D eigenvalue weighted by Crippen LogP contribution is -2.38. The Balaban J connectivity index is 2.63. The number of phenols is 1. The van der Waals surface area contributed by atoms with E-state index in [1.807, 2.05) is 6.07 Å². The molecular weight excluding hydrogens is 266 g/mol. The van der Waals surface area contributed by atoms with Gasteiger partial charge in [0.25, 0.3) is 0 Å². The molecule has 0 heterocycles. The first kappa shape index (κ1) is 13.5. The van der Waals surface area contributed by atoms with Crippen LogP contribution in [0.5, 0.6) is 5.75 Å². The van der Waals surface area contributed by atoms with Gasteiger partial charge in [0, 0.05) is 16.6 Å². The molecule has 1 aromatic rings. The van der Waals surface area contributed by atoms with Crippen LogP contribution in [0.3, 0.4) is 0 Å². The maximum Gasteiger partial charge on any atom is 0.115 e. The molecule has 0 aromatic heterocycles. The molecule has 0 aliphatic carbocycles. The summed E-state index contributed by atoms with van der Waals surface area (Å²) in [5, 5.41) is 12.9. The molecule has 0 spiro atoms. The second-order valence-electron chi connectivity index (χ2n) is 4.76. The van der Waals surface area contributed by atoms with Gasteiger partial charge in [-0.25, -0.2) is 0 Å². The monoisotopic (exact) mass is 285 g/mol. The Kier molecular flexibility index (Phi) is 4.81. The minimum Gasteiger partial charge on any atom is -0.508 e. The maximum absolute atomic E-state index is 9.42. The van der Waals surface area contributed by atoms with Gasteiger partial charge in [-0.05, 0) is 44.0 Å². The molecule has 0 saturated heterocycles. The van der Waals surface area contributed by atoms with Crippen LogP contribution in [0.15, 0.2) is 22.7 Å². The minimum absolute atomic E-state index is 0.139. The lowest BCUT2D eigenvalue weighted by Gasteiger charge is -2.26. The summed E-state index contributed by atoms with van der Waals surface area (Å²) in [6.45, 7) is 7.36. The summed E-state index contributed by atoms with van der Waals surface area (Å²) in [6, 6.07) is 5.35. The molecule has 0 aliphatic rings. The number of nitrogens with one attached hydrogen (secondary N) is 1. The Bertz CT molecular complexity index is 350. The lowest BCUT2D eigenvalue weighted by molar-refractivity contribution is 0.356. The van der Waals surface area contributed by atoms with E-state index in [9.17, 15) is 5.11 Å². The predicted octanol–water partition coefficient (Wildman–Crippen LogP) is 3.82. The van der Waals surface area contributed by atoms with Gasteiger partial charge in [-0.3, -0.25) is 0 Å². The quantitative estimate of drug-likeness (QED) is 0.862. The summed E-state index contributed by atoms with van der Waals surface area (Å²) in [7, 11) is 0. The summed E-state index contributed by atoms with van der Waals surface area (Å²) in [5.74, 6) is 0.313. The first-order chi connectivity index (χ1) is 7.44. The highest BCUT2D eigenvalue weighted by molar-refractivity contribution is 9.10. The Morgan fingerprint density at radius 1 is 1.38 bits per heavy atom. The van der Waals surface area contributed by atoms with Crippen LogP contribution >= 0.6 is 15.9 Å².